The van der Waals surface area contributed by atoms with E-state index >= 15 is 0 Å². The lowest BCUT2D eigenvalue weighted by Gasteiger charge is -2.35. The number of hydrogen-bond acceptors (Lipinski definition) is 3. The van der Waals surface area contributed by atoms with Crippen molar-refractivity contribution in [1.82, 2.24) is 10.3 Å². The SMILES string of the molecule is CCC1(C)CCSC(=NCc2ccncc2)N1. The first-order valence-electron chi connectivity index (χ1n) is 6.06. The molecule has 1 fully saturated rings. The molecule has 1 aliphatic rings. The van der Waals surface area contributed by atoms with Gasteiger partial charge in [-0.3, -0.25) is 9.98 Å². The number of nitrogens with zero attached hydrogens (tertiary/aromatic N) is 2. The van der Waals surface area contributed by atoms with Gasteiger partial charge in [0.1, 0.15) is 0 Å². The van der Waals surface area contributed by atoms with Gasteiger partial charge in [-0.25, -0.2) is 0 Å². The Bertz CT molecular complexity index is 391. The molecule has 0 saturated carbocycles. The van der Waals surface area contributed by atoms with Gasteiger partial charge in [0.05, 0.1) is 6.54 Å². The zero-order chi connectivity index (χ0) is 12.1. The monoisotopic (exact) mass is 249 g/mol. The van der Waals surface area contributed by atoms with E-state index in [1.165, 1.54) is 12.0 Å². The predicted octanol–water partition coefficient (Wildman–Crippen LogP) is 2.83. The first-order valence-corrected chi connectivity index (χ1v) is 7.05. The largest absolute Gasteiger partial charge is 0.360 e. The number of rotatable bonds is 3. The molecule has 0 spiro atoms. The molecule has 1 N–H and O–H groups in total. The van der Waals surface area contributed by atoms with E-state index in [0.29, 0.717) is 0 Å². The molecular weight excluding hydrogens is 230 g/mol. The summed E-state index contributed by atoms with van der Waals surface area (Å²) in [5.74, 6) is 1.16. The van der Waals surface area contributed by atoms with Gasteiger partial charge in [0.25, 0.3) is 0 Å². The molecule has 3 nitrogen and oxygen atoms in total. The quantitative estimate of drug-likeness (QED) is 0.895. The zero-order valence-electron chi connectivity index (χ0n) is 10.4. The van der Waals surface area contributed by atoms with Crippen LogP contribution in [0.5, 0.6) is 0 Å². The molecule has 1 unspecified atom stereocenters. The Morgan fingerprint density at radius 2 is 2.24 bits per heavy atom. The van der Waals surface area contributed by atoms with E-state index in [1.807, 2.05) is 36.3 Å². The predicted molar refractivity (Wildman–Crippen MR) is 74.3 cm³/mol. The second kappa shape index (κ2) is 5.54. The third-order valence-corrected chi connectivity index (χ3v) is 4.15. The molecular formula is C13H19N3S. The molecule has 1 aromatic heterocycles. The third-order valence-electron chi connectivity index (χ3n) is 3.24. The van der Waals surface area contributed by atoms with Crippen molar-refractivity contribution in [3.05, 3.63) is 30.1 Å². The number of pyridine rings is 1. The molecule has 0 bridgehead atoms. The van der Waals surface area contributed by atoms with Gasteiger partial charge in [-0.2, -0.15) is 0 Å². The number of aliphatic imine (C=N–C) groups is 1. The van der Waals surface area contributed by atoms with Crippen LogP contribution in [0.15, 0.2) is 29.5 Å². The first kappa shape index (κ1) is 12.4. The first-order chi connectivity index (χ1) is 8.22. The molecule has 1 aliphatic heterocycles. The normalized spacial score (nSPS) is 26.8. The van der Waals surface area contributed by atoms with Crippen molar-refractivity contribution in [2.45, 2.75) is 38.8 Å². The van der Waals surface area contributed by atoms with Crippen LogP contribution in [0.2, 0.25) is 0 Å². The van der Waals surface area contributed by atoms with Gasteiger partial charge in [0.2, 0.25) is 0 Å². The van der Waals surface area contributed by atoms with E-state index in [0.717, 1.165) is 23.9 Å². The fraction of sp³-hybridized carbons (Fsp3) is 0.538. The highest BCUT2D eigenvalue weighted by Gasteiger charge is 2.27. The molecule has 1 saturated heterocycles. The number of thioether (sulfide) groups is 1. The van der Waals surface area contributed by atoms with Crippen LogP contribution in [0.3, 0.4) is 0 Å². The van der Waals surface area contributed by atoms with E-state index in [2.05, 4.69) is 29.1 Å². The number of hydrogen-bond donors (Lipinski definition) is 1. The number of nitrogens with one attached hydrogen (secondary N) is 1. The Labute approximate surface area is 107 Å². The van der Waals surface area contributed by atoms with Crippen LogP contribution in [0, 0.1) is 0 Å². The molecule has 0 aliphatic carbocycles. The van der Waals surface area contributed by atoms with Crippen LogP contribution in [0.1, 0.15) is 32.3 Å². The maximum atomic E-state index is 4.64. The Morgan fingerprint density at radius 1 is 1.47 bits per heavy atom. The Hall–Kier alpha value is -1.03. The van der Waals surface area contributed by atoms with Gasteiger partial charge in [0, 0.05) is 23.7 Å². The lowest BCUT2D eigenvalue weighted by atomic mass is 9.96. The van der Waals surface area contributed by atoms with Crippen LogP contribution < -0.4 is 5.32 Å². The van der Waals surface area contributed by atoms with E-state index in [4.69, 9.17) is 0 Å². The second-order valence-electron chi connectivity index (χ2n) is 4.61. The maximum Gasteiger partial charge on any atom is 0.157 e. The Balaban J connectivity index is 1.98. The lowest BCUT2D eigenvalue weighted by molar-refractivity contribution is 0.390. The summed E-state index contributed by atoms with van der Waals surface area (Å²) >= 11 is 1.82. The minimum Gasteiger partial charge on any atom is -0.360 e. The minimum absolute atomic E-state index is 0.225. The second-order valence-corrected chi connectivity index (χ2v) is 5.70. The van der Waals surface area contributed by atoms with Gasteiger partial charge in [0.15, 0.2) is 5.17 Å². The van der Waals surface area contributed by atoms with Crippen molar-refractivity contribution in [2.75, 3.05) is 5.75 Å². The summed E-state index contributed by atoms with van der Waals surface area (Å²) in [6, 6.07) is 4.02. The number of amidine groups is 1. The molecule has 1 atom stereocenters. The topological polar surface area (TPSA) is 37.3 Å². The fourth-order valence-electron chi connectivity index (χ4n) is 1.73. The molecule has 4 heteroatoms. The Morgan fingerprint density at radius 3 is 2.94 bits per heavy atom. The molecule has 0 aromatic carbocycles. The van der Waals surface area contributed by atoms with Crippen molar-refractivity contribution in [3.8, 4) is 0 Å². The molecule has 2 heterocycles. The highest BCUT2D eigenvalue weighted by atomic mass is 32.2. The smallest absolute Gasteiger partial charge is 0.157 e. The molecule has 0 radical (unpaired) electrons. The van der Waals surface area contributed by atoms with Crippen molar-refractivity contribution in [2.24, 2.45) is 4.99 Å². The summed E-state index contributed by atoms with van der Waals surface area (Å²) in [6.07, 6.45) is 5.98. The average Bonchev–Trinajstić information content (AvgIpc) is 2.38. The van der Waals surface area contributed by atoms with E-state index in [1.54, 1.807) is 0 Å². The average molecular weight is 249 g/mol. The molecule has 92 valence electrons. The molecule has 2 rings (SSSR count). The van der Waals surface area contributed by atoms with Crippen molar-refractivity contribution in [3.63, 3.8) is 0 Å². The van der Waals surface area contributed by atoms with E-state index in [-0.39, 0.29) is 5.54 Å². The summed E-state index contributed by atoms with van der Waals surface area (Å²) in [5, 5.41) is 4.63. The summed E-state index contributed by atoms with van der Waals surface area (Å²) in [7, 11) is 0. The van der Waals surface area contributed by atoms with Crippen LogP contribution in [0.4, 0.5) is 0 Å². The van der Waals surface area contributed by atoms with Gasteiger partial charge in [-0.1, -0.05) is 18.7 Å². The maximum absolute atomic E-state index is 4.64. The zero-order valence-corrected chi connectivity index (χ0v) is 11.3. The van der Waals surface area contributed by atoms with E-state index < -0.39 is 0 Å². The van der Waals surface area contributed by atoms with Crippen molar-refractivity contribution in [1.29, 1.82) is 0 Å². The molecule has 1 aromatic rings. The van der Waals surface area contributed by atoms with Gasteiger partial charge in [-0.15, -0.1) is 0 Å². The summed E-state index contributed by atoms with van der Waals surface area (Å²) < 4.78 is 0. The lowest BCUT2D eigenvalue weighted by Crippen LogP contribution is -2.48. The van der Waals surface area contributed by atoms with E-state index in [9.17, 15) is 0 Å². The van der Waals surface area contributed by atoms with Crippen LogP contribution in [-0.2, 0) is 6.54 Å². The van der Waals surface area contributed by atoms with Gasteiger partial charge < -0.3 is 5.32 Å². The summed E-state index contributed by atoms with van der Waals surface area (Å²) in [5.41, 5.74) is 1.43. The van der Waals surface area contributed by atoms with Crippen molar-refractivity contribution >= 4 is 16.9 Å². The fourth-order valence-corrected chi connectivity index (χ4v) is 2.95. The van der Waals surface area contributed by atoms with Crippen LogP contribution in [-0.4, -0.2) is 21.4 Å². The molecule has 0 amide bonds. The number of aromatic nitrogens is 1. The summed E-state index contributed by atoms with van der Waals surface area (Å²) in [4.78, 5) is 8.64. The Kier molecular flexibility index (Phi) is 4.05. The highest BCUT2D eigenvalue weighted by Crippen LogP contribution is 2.25. The van der Waals surface area contributed by atoms with Crippen LogP contribution in [0.25, 0.3) is 0 Å². The van der Waals surface area contributed by atoms with Gasteiger partial charge in [-0.05, 0) is 37.5 Å². The minimum atomic E-state index is 0.225. The third kappa shape index (κ3) is 3.46. The highest BCUT2D eigenvalue weighted by molar-refractivity contribution is 8.13. The van der Waals surface area contributed by atoms with Crippen molar-refractivity contribution < 1.29 is 0 Å². The standard InChI is InChI=1S/C13H19N3S/c1-3-13(2)6-9-17-12(16-13)15-10-11-4-7-14-8-5-11/h4-5,7-8H,3,6,9-10H2,1-2H3,(H,15,16). The van der Waals surface area contributed by atoms with Crippen LogP contribution >= 0.6 is 11.8 Å². The summed E-state index contributed by atoms with van der Waals surface area (Å²) in [6.45, 7) is 5.23. The van der Waals surface area contributed by atoms with Gasteiger partial charge >= 0.3 is 0 Å². The molecule has 17 heavy (non-hydrogen) atoms.